The Morgan fingerprint density at radius 3 is 2.52 bits per heavy atom. The van der Waals surface area contributed by atoms with E-state index in [1.54, 1.807) is 4.90 Å². The Balaban J connectivity index is 1.70. The van der Waals surface area contributed by atoms with E-state index >= 15 is 0 Å². The van der Waals surface area contributed by atoms with E-state index in [9.17, 15) is 9.59 Å². The van der Waals surface area contributed by atoms with Crippen LogP contribution in [0.1, 0.15) is 62.8 Å². The topological polar surface area (TPSA) is 45.6 Å². The Labute approximate surface area is 187 Å². The molecule has 3 rings (SSSR count). The van der Waals surface area contributed by atoms with E-state index in [0.29, 0.717) is 13.1 Å². The zero-order chi connectivity index (χ0) is 22.2. The SMILES string of the molecule is CCCCN(Cc1cccn1Cc1cccc(C)c1)C(=O)CN(CCC)C(=O)C1CC1. The van der Waals surface area contributed by atoms with Crippen LogP contribution in [-0.4, -0.2) is 45.8 Å². The highest BCUT2D eigenvalue weighted by molar-refractivity contribution is 5.87. The number of amides is 2. The third-order valence-electron chi connectivity index (χ3n) is 5.90. The van der Waals surface area contributed by atoms with Crippen LogP contribution in [-0.2, 0) is 22.7 Å². The van der Waals surface area contributed by atoms with Gasteiger partial charge in [-0.25, -0.2) is 0 Å². The van der Waals surface area contributed by atoms with Gasteiger partial charge in [0.2, 0.25) is 11.8 Å². The van der Waals surface area contributed by atoms with Gasteiger partial charge in [0.15, 0.2) is 0 Å². The number of hydrogen-bond acceptors (Lipinski definition) is 2. The van der Waals surface area contributed by atoms with Gasteiger partial charge in [0.25, 0.3) is 0 Å². The Morgan fingerprint density at radius 1 is 1.03 bits per heavy atom. The smallest absolute Gasteiger partial charge is 0.242 e. The number of aromatic nitrogens is 1. The predicted octanol–water partition coefficient (Wildman–Crippen LogP) is 4.62. The van der Waals surface area contributed by atoms with Gasteiger partial charge in [-0.05, 0) is 50.3 Å². The van der Waals surface area contributed by atoms with Crippen molar-refractivity contribution < 1.29 is 9.59 Å². The molecule has 0 saturated heterocycles. The van der Waals surface area contributed by atoms with Crippen LogP contribution in [0.2, 0.25) is 0 Å². The summed E-state index contributed by atoms with van der Waals surface area (Å²) in [5, 5.41) is 0. The fourth-order valence-corrected chi connectivity index (χ4v) is 3.98. The third-order valence-corrected chi connectivity index (χ3v) is 5.90. The second-order valence-corrected chi connectivity index (χ2v) is 8.82. The monoisotopic (exact) mass is 423 g/mol. The van der Waals surface area contributed by atoms with Crippen LogP contribution in [0.5, 0.6) is 0 Å². The minimum atomic E-state index is 0.0548. The molecule has 0 aliphatic heterocycles. The first-order valence-corrected chi connectivity index (χ1v) is 11.8. The lowest BCUT2D eigenvalue weighted by Crippen LogP contribution is -2.44. The number of aryl methyl sites for hydroxylation is 1. The standard InChI is InChI=1S/C26H37N3O2/c1-4-6-15-28(25(30)20-29(14-5-2)26(31)23-12-13-23)19-24-11-8-16-27(24)18-22-10-7-9-21(3)17-22/h7-11,16-17,23H,4-6,12-15,18-20H2,1-3H3. The van der Waals surface area contributed by atoms with E-state index in [0.717, 1.165) is 50.9 Å². The van der Waals surface area contributed by atoms with Gasteiger partial charge in [0.1, 0.15) is 0 Å². The highest BCUT2D eigenvalue weighted by Crippen LogP contribution is 2.31. The molecule has 1 heterocycles. The summed E-state index contributed by atoms with van der Waals surface area (Å²) in [5.41, 5.74) is 3.64. The molecule has 0 unspecified atom stereocenters. The van der Waals surface area contributed by atoms with Crippen molar-refractivity contribution in [3.63, 3.8) is 0 Å². The summed E-state index contributed by atoms with van der Waals surface area (Å²) >= 11 is 0. The summed E-state index contributed by atoms with van der Waals surface area (Å²) in [6.45, 7) is 9.27. The van der Waals surface area contributed by atoms with E-state index in [-0.39, 0.29) is 24.3 Å². The maximum absolute atomic E-state index is 13.2. The predicted molar refractivity (Wildman–Crippen MR) is 125 cm³/mol. The third kappa shape index (κ3) is 6.71. The van der Waals surface area contributed by atoms with Gasteiger partial charge in [-0.2, -0.15) is 0 Å². The van der Waals surface area contributed by atoms with Gasteiger partial charge in [0, 0.05) is 37.4 Å². The molecule has 168 valence electrons. The van der Waals surface area contributed by atoms with E-state index in [1.165, 1.54) is 11.1 Å². The van der Waals surface area contributed by atoms with Gasteiger partial charge in [0.05, 0.1) is 13.1 Å². The lowest BCUT2D eigenvalue weighted by molar-refractivity contribution is -0.141. The fourth-order valence-electron chi connectivity index (χ4n) is 3.98. The van der Waals surface area contributed by atoms with Crippen molar-refractivity contribution in [3.05, 3.63) is 59.4 Å². The van der Waals surface area contributed by atoms with E-state index in [4.69, 9.17) is 0 Å². The average Bonchev–Trinajstić information content (AvgIpc) is 3.51. The minimum absolute atomic E-state index is 0.0548. The molecule has 0 atom stereocenters. The molecule has 2 amide bonds. The molecule has 1 aliphatic rings. The zero-order valence-electron chi connectivity index (χ0n) is 19.3. The van der Waals surface area contributed by atoms with Crippen molar-refractivity contribution in [2.24, 2.45) is 5.92 Å². The van der Waals surface area contributed by atoms with Gasteiger partial charge in [-0.3, -0.25) is 9.59 Å². The molecule has 1 fully saturated rings. The zero-order valence-corrected chi connectivity index (χ0v) is 19.3. The first-order chi connectivity index (χ1) is 15.0. The van der Waals surface area contributed by atoms with Crippen LogP contribution in [0.4, 0.5) is 0 Å². The summed E-state index contributed by atoms with van der Waals surface area (Å²) in [6, 6.07) is 12.7. The quantitative estimate of drug-likeness (QED) is 0.500. The molecule has 5 nitrogen and oxygen atoms in total. The van der Waals surface area contributed by atoms with Gasteiger partial charge < -0.3 is 14.4 Å². The Hall–Kier alpha value is -2.56. The van der Waals surface area contributed by atoms with E-state index in [2.05, 4.69) is 61.9 Å². The van der Waals surface area contributed by atoms with E-state index < -0.39 is 0 Å². The number of rotatable bonds is 12. The van der Waals surface area contributed by atoms with E-state index in [1.807, 2.05) is 11.0 Å². The summed E-state index contributed by atoms with van der Waals surface area (Å²) in [5.74, 6) is 0.364. The van der Waals surface area contributed by atoms with Gasteiger partial charge in [-0.15, -0.1) is 0 Å². The maximum Gasteiger partial charge on any atom is 0.242 e. The molecular weight excluding hydrogens is 386 g/mol. The Morgan fingerprint density at radius 2 is 1.84 bits per heavy atom. The number of hydrogen-bond donors (Lipinski definition) is 0. The number of unbranched alkanes of at least 4 members (excludes halogenated alkanes) is 1. The van der Waals surface area contributed by atoms with Crippen LogP contribution in [0.3, 0.4) is 0 Å². The lowest BCUT2D eigenvalue weighted by Gasteiger charge is -2.28. The number of nitrogens with zero attached hydrogens (tertiary/aromatic N) is 3. The van der Waals surface area contributed by atoms with Crippen molar-refractivity contribution in [2.45, 2.75) is 66.0 Å². The second kappa shape index (κ2) is 11.2. The van der Waals surface area contributed by atoms with Crippen LogP contribution in [0.25, 0.3) is 0 Å². The Bertz CT molecular complexity index is 869. The Kier molecular flexibility index (Phi) is 8.33. The summed E-state index contributed by atoms with van der Waals surface area (Å²) in [6.07, 6.45) is 6.90. The van der Waals surface area contributed by atoms with Crippen LogP contribution in [0, 0.1) is 12.8 Å². The largest absolute Gasteiger partial charge is 0.345 e. The van der Waals surface area contributed by atoms with Gasteiger partial charge in [-0.1, -0.05) is 50.1 Å². The molecule has 0 bridgehead atoms. The lowest BCUT2D eigenvalue weighted by atomic mass is 10.1. The molecule has 1 aliphatic carbocycles. The molecule has 1 aromatic carbocycles. The molecule has 31 heavy (non-hydrogen) atoms. The maximum atomic E-state index is 13.2. The fraction of sp³-hybridized carbons (Fsp3) is 0.538. The average molecular weight is 424 g/mol. The highest BCUT2D eigenvalue weighted by atomic mass is 16.2. The van der Waals surface area contributed by atoms with Crippen LogP contribution in [0.15, 0.2) is 42.6 Å². The second-order valence-electron chi connectivity index (χ2n) is 8.82. The first kappa shape index (κ1) is 23.1. The van der Waals surface area contributed by atoms with Crippen molar-refractivity contribution in [1.82, 2.24) is 14.4 Å². The molecule has 0 spiro atoms. The molecule has 0 radical (unpaired) electrons. The van der Waals surface area contributed by atoms with Crippen molar-refractivity contribution in [3.8, 4) is 0 Å². The molecule has 1 saturated carbocycles. The number of benzene rings is 1. The molecule has 1 aromatic heterocycles. The molecular formula is C26H37N3O2. The van der Waals surface area contributed by atoms with Crippen LogP contribution < -0.4 is 0 Å². The molecule has 0 N–H and O–H groups in total. The summed E-state index contributed by atoms with van der Waals surface area (Å²) in [7, 11) is 0. The summed E-state index contributed by atoms with van der Waals surface area (Å²) in [4.78, 5) is 29.6. The summed E-state index contributed by atoms with van der Waals surface area (Å²) < 4.78 is 2.22. The van der Waals surface area contributed by atoms with Crippen molar-refractivity contribution in [1.29, 1.82) is 0 Å². The number of carbonyl (C=O) groups is 2. The van der Waals surface area contributed by atoms with Crippen molar-refractivity contribution in [2.75, 3.05) is 19.6 Å². The van der Waals surface area contributed by atoms with Crippen LogP contribution >= 0.6 is 0 Å². The van der Waals surface area contributed by atoms with Crippen molar-refractivity contribution >= 4 is 11.8 Å². The molecule has 2 aromatic rings. The van der Waals surface area contributed by atoms with Gasteiger partial charge >= 0.3 is 0 Å². The first-order valence-electron chi connectivity index (χ1n) is 11.8. The number of carbonyl (C=O) groups excluding carboxylic acids is 2. The highest BCUT2D eigenvalue weighted by Gasteiger charge is 2.34. The molecule has 5 heteroatoms. The minimum Gasteiger partial charge on any atom is -0.345 e. The normalized spacial score (nSPS) is 13.3.